The minimum atomic E-state index is -0.144. The van der Waals surface area contributed by atoms with Crippen molar-refractivity contribution in [3.05, 3.63) is 46.7 Å². The quantitative estimate of drug-likeness (QED) is 0.895. The van der Waals surface area contributed by atoms with Crippen LogP contribution in [0.1, 0.15) is 55.3 Å². The number of carbonyl (C=O) groups is 1. The van der Waals surface area contributed by atoms with Gasteiger partial charge in [-0.1, -0.05) is 18.2 Å². The number of fused-ring (bicyclic) bond motifs is 1. The Hall–Kier alpha value is -1.81. The third-order valence-electron chi connectivity index (χ3n) is 4.76. The first-order chi connectivity index (χ1) is 11.2. The Bertz CT molecular complexity index is 587. The van der Waals surface area contributed by atoms with Crippen molar-refractivity contribution in [1.82, 2.24) is 10.6 Å². The van der Waals surface area contributed by atoms with Gasteiger partial charge in [-0.15, -0.1) is 0 Å². The lowest BCUT2D eigenvalue weighted by Gasteiger charge is -2.20. The Morgan fingerprint density at radius 1 is 1.13 bits per heavy atom. The van der Waals surface area contributed by atoms with E-state index in [0.29, 0.717) is 0 Å². The first-order valence-electron chi connectivity index (χ1n) is 8.67. The normalized spacial score (nSPS) is 18.7. The summed E-state index contributed by atoms with van der Waals surface area (Å²) < 4.78 is 5.31. The number of aryl methyl sites for hydroxylation is 2. The maximum absolute atomic E-state index is 12.1. The third-order valence-corrected chi connectivity index (χ3v) is 4.76. The molecule has 2 aliphatic rings. The van der Waals surface area contributed by atoms with Crippen LogP contribution in [-0.4, -0.2) is 19.2 Å². The lowest BCUT2D eigenvalue weighted by molar-refractivity contribution is 0.119. The topological polar surface area (TPSA) is 50.4 Å². The first-order valence-corrected chi connectivity index (χ1v) is 8.67. The largest absolute Gasteiger partial charge is 0.381 e. The number of urea groups is 1. The predicted octanol–water partition coefficient (Wildman–Crippen LogP) is 3.62. The van der Waals surface area contributed by atoms with Gasteiger partial charge in [0.1, 0.15) is 0 Å². The van der Waals surface area contributed by atoms with Crippen LogP contribution in [0.3, 0.4) is 0 Å². The van der Waals surface area contributed by atoms with Crippen molar-refractivity contribution in [1.29, 1.82) is 0 Å². The highest BCUT2D eigenvalue weighted by Gasteiger charge is 2.14. The van der Waals surface area contributed by atoms with Crippen LogP contribution in [0.25, 0.3) is 0 Å². The van der Waals surface area contributed by atoms with Crippen LogP contribution in [0.15, 0.2) is 30.0 Å². The third kappa shape index (κ3) is 4.35. The molecule has 0 radical (unpaired) electrons. The van der Waals surface area contributed by atoms with E-state index in [0.717, 1.165) is 32.5 Å². The van der Waals surface area contributed by atoms with Gasteiger partial charge in [-0.05, 0) is 67.7 Å². The molecule has 23 heavy (non-hydrogen) atoms. The second-order valence-electron chi connectivity index (χ2n) is 6.49. The molecule has 4 heteroatoms. The van der Waals surface area contributed by atoms with Crippen LogP contribution in [0.4, 0.5) is 4.79 Å². The fraction of sp³-hybridized carbons (Fsp3) is 0.526. The summed E-state index contributed by atoms with van der Waals surface area (Å²) in [6, 6.07) is 6.50. The lowest BCUT2D eigenvalue weighted by atomic mass is 9.89. The monoisotopic (exact) mass is 314 g/mol. The van der Waals surface area contributed by atoms with E-state index in [2.05, 4.69) is 28.8 Å². The summed E-state index contributed by atoms with van der Waals surface area (Å²) in [5, 5.41) is 5.86. The zero-order chi connectivity index (χ0) is 16.1. The molecule has 1 heterocycles. The summed E-state index contributed by atoms with van der Waals surface area (Å²) in [5.41, 5.74) is 5.35. The van der Waals surface area contributed by atoms with Crippen molar-refractivity contribution in [3.8, 4) is 0 Å². The van der Waals surface area contributed by atoms with Gasteiger partial charge < -0.3 is 15.4 Å². The highest BCUT2D eigenvalue weighted by molar-refractivity contribution is 5.75. The molecule has 0 aromatic heterocycles. The second kappa shape index (κ2) is 7.64. The number of ether oxygens (including phenoxy) is 1. The molecule has 0 bridgehead atoms. The summed E-state index contributed by atoms with van der Waals surface area (Å²) in [7, 11) is 0. The molecular weight excluding hydrogens is 288 g/mol. The average molecular weight is 314 g/mol. The number of benzene rings is 1. The van der Waals surface area contributed by atoms with Gasteiger partial charge in [0.2, 0.25) is 0 Å². The molecule has 124 valence electrons. The molecule has 1 fully saturated rings. The van der Waals surface area contributed by atoms with Gasteiger partial charge >= 0.3 is 6.03 Å². The molecule has 2 N–H and O–H groups in total. The van der Waals surface area contributed by atoms with Gasteiger partial charge in [-0.25, -0.2) is 4.79 Å². The Morgan fingerprint density at radius 2 is 1.87 bits per heavy atom. The Balaban J connectivity index is 1.55. The summed E-state index contributed by atoms with van der Waals surface area (Å²) in [6.07, 6.45) is 8.56. The van der Waals surface area contributed by atoms with Crippen LogP contribution >= 0.6 is 0 Å². The smallest absolute Gasteiger partial charge is 0.319 e. The Kier molecular flexibility index (Phi) is 5.34. The van der Waals surface area contributed by atoms with Gasteiger partial charge in [0.15, 0.2) is 0 Å². The average Bonchev–Trinajstić information content (AvgIpc) is 2.60. The van der Waals surface area contributed by atoms with Crippen LogP contribution in [0.2, 0.25) is 0 Å². The van der Waals surface area contributed by atoms with E-state index in [1.165, 1.54) is 41.5 Å². The fourth-order valence-corrected chi connectivity index (χ4v) is 3.29. The molecule has 1 aromatic carbocycles. The van der Waals surface area contributed by atoms with Gasteiger partial charge in [0.25, 0.3) is 0 Å². The highest BCUT2D eigenvalue weighted by atomic mass is 16.5. The molecule has 3 rings (SSSR count). The first kappa shape index (κ1) is 16.1. The van der Waals surface area contributed by atoms with E-state index >= 15 is 0 Å². The van der Waals surface area contributed by atoms with Crippen molar-refractivity contribution in [2.75, 3.05) is 13.2 Å². The Labute approximate surface area is 138 Å². The van der Waals surface area contributed by atoms with E-state index in [1.807, 2.05) is 13.1 Å². The number of rotatable bonds is 3. The van der Waals surface area contributed by atoms with Crippen molar-refractivity contribution in [3.63, 3.8) is 0 Å². The molecule has 1 atom stereocenters. The minimum Gasteiger partial charge on any atom is -0.381 e. The van der Waals surface area contributed by atoms with Gasteiger partial charge in [0.05, 0.1) is 19.3 Å². The molecule has 1 aromatic rings. The van der Waals surface area contributed by atoms with Crippen LogP contribution < -0.4 is 10.6 Å². The standard InChI is InChI=1S/C19H26N2O2/c1-14(17-7-6-16-4-2-3-5-18(16)12-17)21-19(22)20-13-15-8-10-23-11-9-15/h6-7,12-14H,2-5,8-11H2,1H3,(H2,20,21,22). The molecule has 0 spiro atoms. The molecule has 1 saturated heterocycles. The zero-order valence-electron chi connectivity index (χ0n) is 13.9. The molecule has 1 unspecified atom stereocenters. The van der Waals surface area contributed by atoms with E-state index in [1.54, 1.807) is 0 Å². The number of carbonyl (C=O) groups excluding carboxylic acids is 1. The van der Waals surface area contributed by atoms with Crippen molar-refractivity contribution >= 4 is 6.03 Å². The van der Waals surface area contributed by atoms with Crippen LogP contribution in [0.5, 0.6) is 0 Å². The summed E-state index contributed by atoms with van der Waals surface area (Å²) in [5.74, 6) is 0. The molecule has 4 nitrogen and oxygen atoms in total. The number of hydrogen-bond donors (Lipinski definition) is 2. The maximum Gasteiger partial charge on any atom is 0.319 e. The fourth-order valence-electron chi connectivity index (χ4n) is 3.29. The highest BCUT2D eigenvalue weighted by Crippen LogP contribution is 2.24. The summed E-state index contributed by atoms with van der Waals surface area (Å²) >= 11 is 0. The maximum atomic E-state index is 12.1. The lowest BCUT2D eigenvalue weighted by Crippen LogP contribution is -2.34. The van der Waals surface area contributed by atoms with Crippen LogP contribution in [0, 0.1) is 0 Å². The second-order valence-corrected chi connectivity index (χ2v) is 6.49. The molecule has 0 saturated carbocycles. The SMILES string of the molecule is CC(NC(=O)NC=C1CCOCC1)c1ccc2c(c1)CCCC2. The van der Waals surface area contributed by atoms with Gasteiger partial charge in [-0.2, -0.15) is 0 Å². The summed E-state index contributed by atoms with van der Waals surface area (Å²) in [4.78, 5) is 12.1. The van der Waals surface area contributed by atoms with Crippen LogP contribution in [-0.2, 0) is 17.6 Å². The number of hydrogen-bond acceptors (Lipinski definition) is 2. The van der Waals surface area contributed by atoms with Crippen molar-refractivity contribution in [2.24, 2.45) is 0 Å². The van der Waals surface area contributed by atoms with E-state index in [4.69, 9.17) is 4.74 Å². The van der Waals surface area contributed by atoms with E-state index < -0.39 is 0 Å². The zero-order valence-corrected chi connectivity index (χ0v) is 13.9. The van der Waals surface area contributed by atoms with Gasteiger partial charge in [-0.3, -0.25) is 0 Å². The van der Waals surface area contributed by atoms with E-state index in [-0.39, 0.29) is 12.1 Å². The Morgan fingerprint density at radius 3 is 2.65 bits per heavy atom. The molecule has 1 aliphatic heterocycles. The van der Waals surface area contributed by atoms with Gasteiger partial charge in [0, 0.05) is 6.20 Å². The molecule has 1 aliphatic carbocycles. The van der Waals surface area contributed by atoms with Crippen molar-refractivity contribution in [2.45, 2.75) is 51.5 Å². The molecular formula is C19H26N2O2. The predicted molar refractivity (Wildman–Crippen MR) is 91.3 cm³/mol. The number of amides is 2. The minimum absolute atomic E-state index is 0.00955. The summed E-state index contributed by atoms with van der Waals surface area (Å²) in [6.45, 7) is 3.53. The van der Waals surface area contributed by atoms with Crippen molar-refractivity contribution < 1.29 is 9.53 Å². The number of nitrogens with one attached hydrogen (secondary N) is 2. The van der Waals surface area contributed by atoms with E-state index in [9.17, 15) is 4.79 Å². The molecule has 2 amide bonds.